The van der Waals surface area contributed by atoms with Crippen molar-refractivity contribution >= 4 is 14.2 Å². The average molecular weight is 185 g/mol. The lowest BCUT2D eigenvalue weighted by Crippen LogP contribution is -2.33. The van der Waals surface area contributed by atoms with Crippen molar-refractivity contribution in [1.82, 2.24) is 0 Å². The van der Waals surface area contributed by atoms with E-state index in [2.05, 4.69) is 0 Å². The quantitative estimate of drug-likeness (QED) is 0.311. The SMILES string of the molecule is N#CCCCCC(B(O)O)B(O)O. The first-order chi connectivity index (χ1) is 6.09. The summed E-state index contributed by atoms with van der Waals surface area (Å²) in [6.45, 7) is 0. The predicted octanol–water partition coefficient (Wildman–Crippen LogP) is -1.07. The third-order valence-corrected chi connectivity index (χ3v) is 1.84. The fourth-order valence-corrected chi connectivity index (χ4v) is 1.04. The van der Waals surface area contributed by atoms with Gasteiger partial charge in [0, 0.05) is 12.1 Å². The average Bonchev–Trinajstić information content (AvgIpc) is 2.02. The molecule has 0 fully saturated rings. The molecular weight excluding hydrogens is 172 g/mol. The second-order valence-corrected chi connectivity index (χ2v) is 2.89. The normalized spacial score (nSPS) is 9.85. The minimum atomic E-state index is -1.72. The highest BCUT2D eigenvalue weighted by atomic mass is 16.4. The first kappa shape index (κ1) is 12.5. The fraction of sp³-hybridized carbons (Fsp3) is 0.833. The highest BCUT2D eigenvalue weighted by molar-refractivity contribution is 6.64. The van der Waals surface area contributed by atoms with E-state index in [1.54, 1.807) is 0 Å². The van der Waals surface area contributed by atoms with Gasteiger partial charge in [-0.3, -0.25) is 0 Å². The maximum absolute atomic E-state index is 8.71. The maximum atomic E-state index is 8.71. The first-order valence-corrected chi connectivity index (χ1v) is 4.18. The summed E-state index contributed by atoms with van der Waals surface area (Å²) in [6, 6.07) is 1.95. The molecular formula is C6H13B2NO4. The Labute approximate surface area is 77.9 Å². The predicted molar refractivity (Wildman–Crippen MR) is 48.2 cm³/mol. The molecule has 4 N–H and O–H groups in total. The van der Waals surface area contributed by atoms with E-state index in [0.717, 1.165) is 0 Å². The molecule has 5 nitrogen and oxygen atoms in total. The van der Waals surface area contributed by atoms with Gasteiger partial charge in [0.2, 0.25) is 0 Å². The molecule has 0 aliphatic rings. The van der Waals surface area contributed by atoms with Crippen molar-refractivity contribution in [3.8, 4) is 6.07 Å². The molecule has 0 aliphatic carbocycles. The summed E-state index contributed by atoms with van der Waals surface area (Å²) in [7, 11) is -3.44. The van der Waals surface area contributed by atoms with E-state index in [9.17, 15) is 0 Å². The molecule has 0 unspecified atom stereocenters. The zero-order valence-corrected chi connectivity index (χ0v) is 7.30. The third-order valence-electron chi connectivity index (χ3n) is 1.84. The second-order valence-electron chi connectivity index (χ2n) is 2.89. The Morgan fingerprint density at radius 1 is 1.08 bits per heavy atom. The Bertz CT molecular complexity index is 163. The van der Waals surface area contributed by atoms with Gasteiger partial charge in [0.25, 0.3) is 0 Å². The summed E-state index contributed by atoms with van der Waals surface area (Å²) in [4.78, 5) is 0. The van der Waals surface area contributed by atoms with Crippen molar-refractivity contribution in [3.05, 3.63) is 0 Å². The van der Waals surface area contributed by atoms with Gasteiger partial charge in [0.05, 0.1) is 6.07 Å². The summed E-state index contributed by atoms with van der Waals surface area (Å²) in [5.74, 6) is 0. The van der Waals surface area contributed by atoms with Crippen LogP contribution in [-0.4, -0.2) is 34.3 Å². The van der Waals surface area contributed by atoms with E-state index in [-0.39, 0.29) is 6.42 Å². The zero-order valence-electron chi connectivity index (χ0n) is 7.30. The van der Waals surface area contributed by atoms with Gasteiger partial charge in [0.1, 0.15) is 0 Å². The highest BCUT2D eigenvalue weighted by Gasteiger charge is 2.33. The minimum Gasteiger partial charge on any atom is -0.427 e. The summed E-state index contributed by atoms with van der Waals surface area (Å²) in [6.07, 6.45) is 1.90. The van der Waals surface area contributed by atoms with Crippen LogP contribution in [0.4, 0.5) is 0 Å². The topological polar surface area (TPSA) is 105 Å². The van der Waals surface area contributed by atoms with E-state index >= 15 is 0 Å². The fourth-order valence-electron chi connectivity index (χ4n) is 1.04. The number of unbranched alkanes of at least 4 members (excludes halogenated alkanes) is 2. The molecule has 0 saturated heterocycles. The smallest absolute Gasteiger partial charge is 0.427 e. The maximum Gasteiger partial charge on any atom is 0.452 e. The van der Waals surface area contributed by atoms with Crippen molar-refractivity contribution in [3.63, 3.8) is 0 Å². The van der Waals surface area contributed by atoms with E-state index in [0.29, 0.717) is 19.3 Å². The molecule has 0 rings (SSSR count). The monoisotopic (exact) mass is 185 g/mol. The molecule has 7 heteroatoms. The molecule has 0 atom stereocenters. The van der Waals surface area contributed by atoms with Crippen LogP contribution in [0.5, 0.6) is 0 Å². The van der Waals surface area contributed by atoms with E-state index in [1.165, 1.54) is 0 Å². The largest absolute Gasteiger partial charge is 0.452 e. The van der Waals surface area contributed by atoms with Crippen LogP contribution in [0.2, 0.25) is 5.72 Å². The van der Waals surface area contributed by atoms with Crippen molar-refractivity contribution in [1.29, 1.82) is 5.26 Å². The Balaban J connectivity index is 3.65. The lowest BCUT2D eigenvalue weighted by atomic mass is 9.51. The molecule has 0 aromatic carbocycles. The van der Waals surface area contributed by atoms with Gasteiger partial charge in [-0.1, -0.05) is 12.8 Å². The van der Waals surface area contributed by atoms with Crippen molar-refractivity contribution < 1.29 is 20.1 Å². The lowest BCUT2D eigenvalue weighted by molar-refractivity contribution is 0.352. The highest BCUT2D eigenvalue weighted by Crippen LogP contribution is 2.17. The van der Waals surface area contributed by atoms with Gasteiger partial charge in [-0.25, -0.2) is 0 Å². The number of hydrogen-bond donors (Lipinski definition) is 4. The number of nitriles is 1. The van der Waals surface area contributed by atoms with E-state index < -0.39 is 20.0 Å². The van der Waals surface area contributed by atoms with Gasteiger partial charge in [-0.15, -0.1) is 0 Å². The third kappa shape index (κ3) is 5.66. The molecule has 72 valence electrons. The van der Waals surface area contributed by atoms with Crippen LogP contribution in [0.1, 0.15) is 25.7 Å². The molecule has 0 heterocycles. The molecule has 0 aromatic heterocycles. The van der Waals surface area contributed by atoms with Crippen molar-refractivity contribution in [2.45, 2.75) is 31.4 Å². The summed E-state index contributed by atoms with van der Waals surface area (Å²) < 4.78 is 0. The van der Waals surface area contributed by atoms with Crippen LogP contribution in [0.25, 0.3) is 0 Å². The van der Waals surface area contributed by atoms with Crippen molar-refractivity contribution in [2.24, 2.45) is 0 Å². The molecule has 0 radical (unpaired) electrons. The van der Waals surface area contributed by atoms with Gasteiger partial charge in [-0.05, 0) is 6.42 Å². The molecule has 0 aliphatic heterocycles. The number of nitrogens with zero attached hydrogens (tertiary/aromatic N) is 1. The molecule has 0 aromatic rings. The van der Waals surface area contributed by atoms with Gasteiger partial charge in [0.15, 0.2) is 0 Å². The Kier molecular flexibility index (Phi) is 6.63. The molecule has 0 saturated carbocycles. The molecule has 0 spiro atoms. The zero-order chi connectivity index (χ0) is 10.3. The van der Waals surface area contributed by atoms with Crippen LogP contribution in [0.3, 0.4) is 0 Å². The Morgan fingerprint density at radius 3 is 2.00 bits per heavy atom. The van der Waals surface area contributed by atoms with Crippen LogP contribution in [0, 0.1) is 11.3 Å². The first-order valence-electron chi connectivity index (χ1n) is 4.18. The summed E-state index contributed by atoms with van der Waals surface area (Å²) in [5.41, 5.74) is -0.946. The Hall–Kier alpha value is -0.540. The summed E-state index contributed by atoms with van der Waals surface area (Å²) in [5, 5.41) is 43.0. The van der Waals surface area contributed by atoms with Crippen LogP contribution >= 0.6 is 0 Å². The Morgan fingerprint density at radius 2 is 1.62 bits per heavy atom. The van der Waals surface area contributed by atoms with Gasteiger partial charge < -0.3 is 20.1 Å². The van der Waals surface area contributed by atoms with Gasteiger partial charge >= 0.3 is 14.2 Å². The minimum absolute atomic E-state index is 0.289. The molecule has 0 amide bonds. The molecule has 13 heavy (non-hydrogen) atoms. The van der Waals surface area contributed by atoms with Crippen molar-refractivity contribution in [2.75, 3.05) is 0 Å². The lowest BCUT2D eigenvalue weighted by Gasteiger charge is -2.13. The van der Waals surface area contributed by atoms with Crippen LogP contribution < -0.4 is 0 Å². The number of rotatable bonds is 6. The second kappa shape index (κ2) is 6.92. The summed E-state index contributed by atoms with van der Waals surface area (Å²) >= 11 is 0. The van der Waals surface area contributed by atoms with Crippen LogP contribution in [-0.2, 0) is 0 Å². The van der Waals surface area contributed by atoms with E-state index in [1.807, 2.05) is 6.07 Å². The number of hydrogen-bond acceptors (Lipinski definition) is 5. The van der Waals surface area contributed by atoms with Gasteiger partial charge in [-0.2, -0.15) is 5.26 Å². The molecule has 0 bridgehead atoms. The van der Waals surface area contributed by atoms with E-state index in [4.69, 9.17) is 25.4 Å². The van der Waals surface area contributed by atoms with Crippen LogP contribution in [0.15, 0.2) is 0 Å². The standard InChI is InChI=1S/C6H13B2NO4/c9-5-3-1-2-4-6(7(10)11)8(12)13/h6,10-13H,1-4H2.